The number of primary amides is 1. The molecule has 1 aromatic heterocycles. The normalized spacial score (nSPS) is 20.0. The van der Waals surface area contributed by atoms with Gasteiger partial charge in [-0.15, -0.1) is 0 Å². The van der Waals surface area contributed by atoms with E-state index in [1.165, 1.54) is 0 Å². The van der Waals surface area contributed by atoms with E-state index >= 15 is 0 Å². The zero-order valence-electron chi connectivity index (χ0n) is 10.8. The van der Waals surface area contributed by atoms with Crippen LogP contribution in [-0.4, -0.2) is 47.5 Å². The maximum absolute atomic E-state index is 10.9. The van der Waals surface area contributed by atoms with Crippen LogP contribution in [0.25, 0.3) is 0 Å². The molecule has 0 radical (unpaired) electrons. The highest BCUT2D eigenvalue weighted by atomic mass is 16.1. The fourth-order valence-corrected chi connectivity index (χ4v) is 2.37. The minimum atomic E-state index is -0.273. The number of carbonyl (C=O) groups excluding carboxylic acids is 1. The van der Waals surface area contributed by atoms with Crippen molar-refractivity contribution in [3.8, 4) is 0 Å². The average Bonchev–Trinajstić information content (AvgIpc) is 2.75. The molecule has 0 saturated carbocycles. The van der Waals surface area contributed by atoms with Crippen LogP contribution in [0.5, 0.6) is 0 Å². The third-order valence-corrected chi connectivity index (χ3v) is 3.18. The van der Waals surface area contributed by atoms with Crippen molar-refractivity contribution in [2.24, 2.45) is 5.73 Å². The average molecular weight is 249 g/mol. The second-order valence-electron chi connectivity index (χ2n) is 4.66. The predicted octanol–water partition coefficient (Wildman–Crippen LogP) is 0.101. The summed E-state index contributed by atoms with van der Waals surface area (Å²) in [7, 11) is 1.85. The number of hydrogen-bond donors (Lipinski definition) is 2. The summed E-state index contributed by atoms with van der Waals surface area (Å²) in [6.45, 7) is 3.95. The van der Waals surface area contributed by atoms with Gasteiger partial charge in [0.25, 0.3) is 0 Å². The minimum Gasteiger partial charge on any atom is -0.373 e. The molecule has 0 spiro atoms. The second kappa shape index (κ2) is 5.30. The van der Waals surface area contributed by atoms with Gasteiger partial charge in [0.2, 0.25) is 5.91 Å². The van der Waals surface area contributed by atoms with E-state index in [2.05, 4.69) is 20.2 Å². The quantitative estimate of drug-likeness (QED) is 0.790. The van der Waals surface area contributed by atoms with Crippen molar-refractivity contribution in [2.75, 3.05) is 32.0 Å². The molecular formula is C12H19N5O. The number of aryl methyl sites for hydroxylation is 1. The van der Waals surface area contributed by atoms with Crippen LogP contribution < -0.4 is 11.1 Å². The van der Waals surface area contributed by atoms with Crippen LogP contribution in [0.2, 0.25) is 0 Å². The van der Waals surface area contributed by atoms with Gasteiger partial charge in [-0.05, 0) is 19.9 Å². The highest BCUT2D eigenvalue weighted by molar-refractivity contribution is 5.75. The zero-order valence-corrected chi connectivity index (χ0v) is 10.8. The molecule has 6 nitrogen and oxygen atoms in total. The Hall–Kier alpha value is -1.69. The van der Waals surface area contributed by atoms with Gasteiger partial charge in [-0.25, -0.2) is 9.97 Å². The van der Waals surface area contributed by atoms with E-state index in [0.717, 1.165) is 36.8 Å². The molecule has 3 N–H and O–H groups in total. The summed E-state index contributed by atoms with van der Waals surface area (Å²) in [5.74, 6) is 1.69. The number of likely N-dealkylation sites (tertiary alicyclic amines) is 1. The molecule has 98 valence electrons. The molecule has 1 atom stereocenters. The molecule has 6 heteroatoms. The molecule has 1 aliphatic rings. The first kappa shape index (κ1) is 12.8. The van der Waals surface area contributed by atoms with Gasteiger partial charge in [-0.2, -0.15) is 0 Å². The Labute approximate surface area is 107 Å². The largest absolute Gasteiger partial charge is 0.373 e. The van der Waals surface area contributed by atoms with E-state index in [1.54, 1.807) is 0 Å². The summed E-state index contributed by atoms with van der Waals surface area (Å²) in [5.41, 5.74) is 6.25. The van der Waals surface area contributed by atoms with Crippen molar-refractivity contribution >= 4 is 11.7 Å². The van der Waals surface area contributed by atoms with Crippen LogP contribution in [-0.2, 0) is 4.79 Å². The summed E-state index contributed by atoms with van der Waals surface area (Å²) in [6, 6.07) is 1.98. The number of nitrogens with one attached hydrogen (secondary N) is 1. The van der Waals surface area contributed by atoms with E-state index < -0.39 is 0 Å². The molecule has 2 rings (SSSR count). The number of nitrogens with two attached hydrogens (primary N) is 1. The summed E-state index contributed by atoms with van der Waals surface area (Å²) in [5, 5.41) is 3.04. The Morgan fingerprint density at radius 3 is 3.06 bits per heavy atom. The Balaban J connectivity index is 2.09. The summed E-state index contributed by atoms with van der Waals surface area (Å²) in [4.78, 5) is 21.7. The summed E-state index contributed by atoms with van der Waals surface area (Å²) in [6.07, 6.45) is 1.01. The number of rotatable bonds is 4. The Bertz CT molecular complexity index is 448. The van der Waals surface area contributed by atoms with Gasteiger partial charge in [0.15, 0.2) is 0 Å². The molecule has 0 aromatic carbocycles. The fraction of sp³-hybridized carbons (Fsp3) is 0.583. The monoisotopic (exact) mass is 249 g/mol. The lowest BCUT2D eigenvalue weighted by Crippen LogP contribution is -2.31. The van der Waals surface area contributed by atoms with Gasteiger partial charge < -0.3 is 11.1 Å². The first-order valence-electron chi connectivity index (χ1n) is 6.12. The molecule has 1 amide bonds. The van der Waals surface area contributed by atoms with Crippen molar-refractivity contribution in [1.82, 2.24) is 14.9 Å². The molecule has 18 heavy (non-hydrogen) atoms. The maximum atomic E-state index is 10.9. The number of anilines is 1. The van der Waals surface area contributed by atoms with E-state index in [9.17, 15) is 4.79 Å². The highest BCUT2D eigenvalue weighted by Gasteiger charge is 2.26. The van der Waals surface area contributed by atoms with E-state index in [1.807, 2.05) is 20.0 Å². The van der Waals surface area contributed by atoms with Gasteiger partial charge in [-0.1, -0.05) is 0 Å². The number of carbonyl (C=O) groups is 1. The van der Waals surface area contributed by atoms with Crippen molar-refractivity contribution in [1.29, 1.82) is 0 Å². The molecule has 0 bridgehead atoms. The van der Waals surface area contributed by atoms with Crippen LogP contribution in [0.3, 0.4) is 0 Å². The van der Waals surface area contributed by atoms with Crippen LogP contribution in [0.15, 0.2) is 6.07 Å². The Morgan fingerprint density at radius 1 is 1.61 bits per heavy atom. The highest BCUT2D eigenvalue weighted by Crippen LogP contribution is 2.26. The lowest BCUT2D eigenvalue weighted by atomic mass is 10.0. The van der Waals surface area contributed by atoms with Crippen LogP contribution >= 0.6 is 0 Å². The molecule has 0 unspecified atom stereocenters. The van der Waals surface area contributed by atoms with E-state index in [4.69, 9.17) is 5.73 Å². The van der Waals surface area contributed by atoms with Gasteiger partial charge in [-0.3, -0.25) is 9.69 Å². The minimum absolute atomic E-state index is 0.273. The fourth-order valence-electron chi connectivity index (χ4n) is 2.37. The Kier molecular flexibility index (Phi) is 3.76. The van der Waals surface area contributed by atoms with Gasteiger partial charge in [0.1, 0.15) is 11.6 Å². The van der Waals surface area contributed by atoms with Crippen molar-refractivity contribution < 1.29 is 4.79 Å². The van der Waals surface area contributed by atoms with Gasteiger partial charge >= 0.3 is 0 Å². The van der Waals surface area contributed by atoms with Crippen molar-refractivity contribution in [3.63, 3.8) is 0 Å². The SMILES string of the molecule is CNc1cc([C@H]2CCN(CC(N)=O)C2)nc(C)n1. The topological polar surface area (TPSA) is 84.1 Å². The van der Waals surface area contributed by atoms with Crippen molar-refractivity contribution in [3.05, 3.63) is 17.6 Å². The molecular weight excluding hydrogens is 230 g/mol. The molecule has 1 fully saturated rings. The molecule has 2 heterocycles. The summed E-state index contributed by atoms with van der Waals surface area (Å²) >= 11 is 0. The van der Waals surface area contributed by atoms with E-state index in [0.29, 0.717) is 12.5 Å². The zero-order chi connectivity index (χ0) is 13.1. The first-order valence-corrected chi connectivity index (χ1v) is 6.12. The van der Waals surface area contributed by atoms with Crippen LogP contribution in [0.4, 0.5) is 5.82 Å². The van der Waals surface area contributed by atoms with Crippen LogP contribution in [0.1, 0.15) is 23.9 Å². The number of aromatic nitrogens is 2. The standard InChI is InChI=1S/C12H19N5O/c1-8-15-10(5-12(14-2)16-8)9-3-4-17(6-9)7-11(13)18/h5,9H,3-4,6-7H2,1-2H3,(H2,13,18)(H,14,15,16)/t9-/m0/s1. The summed E-state index contributed by atoms with van der Waals surface area (Å²) < 4.78 is 0. The van der Waals surface area contributed by atoms with E-state index in [-0.39, 0.29) is 5.91 Å². The van der Waals surface area contributed by atoms with Crippen LogP contribution in [0, 0.1) is 6.92 Å². The third-order valence-electron chi connectivity index (χ3n) is 3.18. The number of nitrogens with zero attached hydrogens (tertiary/aromatic N) is 3. The molecule has 1 aliphatic heterocycles. The molecule has 1 saturated heterocycles. The van der Waals surface area contributed by atoms with Gasteiger partial charge in [0.05, 0.1) is 12.2 Å². The number of amides is 1. The molecule has 0 aliphatic carbocycles. The number of hydrogen-bond acceptors (Lipinski definition) is 5. The first-order chi connectivity index (χ1) is 8.58. The Morgan fingerprint density at radius 2 is 2.39 bits per heavy atom. The molecule has 1 aromatic rings. The lowest BCUT2D eigenvalue weighted by molar-refractivity contribution is -0.118. The van der Waals surface area contributed by atoms with Gasteiger partial charge in [0, 0.05) is 25.6 Å². The predicted molar refractivity (Wildman–Crippen MR) is 69.3 cm³/mol. The second-order valence-corrected chi connectivity index (χ2v) is 4.66. The maximum Gasteiger partial charge on any atom is 0.231 e. The lowest BCUT2D eigenvalue weighted by Gasteiger charge is -2.14. The third kappa shape index (κ3) is 2.95. The smallest absolute Gasteiger partial charge is 0.231 e. The van der Waals surface area contributed by atoms with Crippen molar-refractivity contribution in [2.45, 2.75) is 19.3 Å².